The predicted molar refractivity (Wildman–Crippen MR) is 84.5 cm³/mol. The molecule has 0 aliphatic carbocycles. The highest BCUT2D eigenvalue weighted by Gasteiger charge is 2.14. The average molecular weight is 369 g/mol. The molecule has 0 saturated heterocycles. The molecule has 0 N–H and O–H groups in total. The van der Waals surface area contributed by atoms with Crippen LogP contribution in [0, 0.1) is 0 Å². The Labute approximate surface area is 134 Å². The fourth-order valence-corrected chi connectivity index (χ4v) is 2.53. The van der Waals surface area contributed by atoms with Gasteiger partial charge in [0.25, 0.3) is 0 Å². The number of nitrogens with zero attached hydrogens (tertiary/aromatic N) is 3. The molecule has 3 aromatic rings. The Hall–Kier alpha value is -1.36. The average Bonchev–Trinajstić information content (AvgIpc) is 2.85. The topological polar surface area (TPSA) is 30.7 Å². The molecule has 3 rings (SSSR count). The van der Waals surface area contributed by atoms with Gasteiger partial charge in [0.15, 0.2) is 5.82 Å². The van der Waals surface area contributed by atoms with Crippen LogP contribution < -0.4 is 0 Å². The third-order valence-corrected chi connectivity index (χ3v) is 4.29. The molecule has 0 saturated carbocycles. The lowest BCUT2D eigenvalue weighted by molar-refractivity contribution is 1.06. The van der Waals surface area contributed by atoms with Gasteiger partial charge in [-0.25, -0.2) is 0 Å². The fourth-order valence-electron chi connectivity index (χ4n) is 1.89. The lowest BCUT2D eigenvalue weighted by atomic mass is 10.2. The van der Waals surface area contributed by atoms with Crippen LogP contribution in [0.1, 0.15) is 0 Å². The molecule has 0 amide bonds. The van der Waals surface area contributed by atoms with E-state index in [-0.39, 0.29) is 0 Å². The zero-order valence-electron chi connectivity index (χ0n) is 10.1. The molecule has 2 aromatic carbocycles. The summed E-state index contributed by atoms with van der Waals surface area (Å²) in [5.41, 5.74) is 1.75. The van der Waals surface area contributed by atoms with Crippen molar-refractivity contribution in [3.8, 4) is 17.1 Å². The van der Waals surface area contributed by atoms with Crippen molar-refractivity contribution in [1.82, 2.24) is 14.8 Å². The summed E-state index contributed by atoms with van der Waals surface area (Å²) in [6.45, 7) is 0. The van der Waals surface area contributed by atoms with Crippen LogP contribution in [0.3, 0.4) is 0 Å². The lowest BCUT2D eigenvalue weighted by Gasteiger charge is -2.09. The number of benzene rings is 2. The maximum absolute atomic E-state index is 6.16. The van der Waals surface area contributed by atoms with Gasteiger partial charge in [0, 0.05) is 10.0 Å². The molecule has 6 heteroatoms. The summed E-state index contributed by atoms with van der Waals surface area (Å²) in [6.07, 6.45) is 0. The van der Waals surface area contributed by atoms with Crippen molar-refractivity contribution in [1.29, 1.82) is 0 Å². The summed E-state index contributed by atoms with van der Waals surface area (Å²) >= 11 is 15.7. The molecule has 0 spiro atoms. The number of hydrogen-bond donors (Lipinski definition) is 0. The number of rotatable bonds is 2. The van der Waals surface area contributed by atoms with Gasteiger partial charge in [-0.15, -0.1) is 10.2 Å². The quantitative estimate of drug-likeness (QED) is 0.636. The molecule has 0 radical (unpaired) electrons. The first kappa shape index (κ1) is 13.6. The van der Waals surface area contributed by atoms with Crippen LogP contribution in [0.15, 0.2) is 53.0 Å². The van der Waals surface area contributed by atoms with Gasteiger partial charge < -0.3 is 0 Å². The molecular weight excluding hydrogens is 361 g/mol. The molecule has 0 unspecified atom stereocenters. The van der Waals surface area contributed by atoms with Crippen LogP contribution in [-0.2, 0) is 0 Å². The van der Waals surface area contributed by atoms with E-state index in [9.17, 15) is 0 Å². The van der Waals surface area contributed by atoms with Gasteiger partial charge in [0.05, 0.1) is 10.7 Å². The van der Waals surface area contributed by atoms with E-state index in [0.29, 0.717) is 16.1 Å². The molecule has 0 fully saturated rings. The maximum atomic E-state index is 6.16. The zero-order valence-corrected chi connectivity index (χ0v) is 13.2. The lowest BCUT2D eigenvalue weighted by Crippen LogP contribution is -1.97. The first-order chi connectivity index (χ1) is 9.66. The van der Waals surface area contributed by atoms with Crippen molar-refractivity contribution in [3.05, 3.63) is 63.3 Å². The van der Waals surface area contributed by atoms with E-state index in [2.05, 4.69) is 26.1 Å². The SMILES string of the molecule is Clc1cc(-n2c(Cl)nnc2-c2ccccc2)ccc1Br. The molecule has 3 nitrogen and oxygen atoms in total. The minimum Gasteiger partial charge on any atom is -0.266 e. The summed E-state index contributed by atoms with van der Waals surface area (Å²) in [5.74, 6) is 0.675. The second-order valence-corrected chi connectivity index (χ2v) is 5.69. The van der Waals surface area contributed by atoms with Crippen LogP contribution >= 0.6 is 39.1 Å². The second-order valence-electron chi connectivity index (χ2n) is 4.09. The van der Waals surface area contributed by atoms with E-state index in [0.717, 1.165) is 15.7 Å². The van der Waals surface area contributed by atoms with Crippen LogP contribution in [0.2, 0.25) is 10.3 Å². The molecule has 0 aliphatic rings. The van der Waals surface area contributed by atoms with E-state index >= 15 is 0 Å². The number of hydrogen-bond acceptors (Lipinski definition) is 2. The van der Waals surface area contributed by atoms with Crippen molar-refractivity contribution in [2.45, 2.75) is 0 Å². The smallest absolute Gasteiger partial charge is 0.229 e. The third-order valence-electron chi connectivity index (χ3n) is 2.82. The summed E-state index contributed by atoms with van der Waals surface area (Å²) < 4.78 is 2.59. The van der Waals surface area contributed by atoms with Gasteiger partial charge in [-0.2, -0.15) is 0 Å². The minimum absolute atomic E-state index is 0.294. The molecule has 0 bridgehead atoms. The molecule has 100 valence electrons. The Morgan fingerprint density at radius 2 is 1.70 bits per heavy atom. The van der Waals surface area contributed by atoms with Crippen LogP contribution in [0.25, 0.3) is 17.1 Å². The Bertz CT molecular complexity index is 756. The highest BCUT2D eigenvalue weighted by atomic mass is 79.9. The molecule has 1 aromatic heterocycles. The molecular formula is C14H8BrCl2N3. The summed E-state index contributed by atoms with van der Waals surface area (Å²) in [4.78, 5) is 0. The first-order valence-electron chi connectivity index (χ1n) is 5.78. The first-order valence-corrected chi connectivity index (χ1v) is 7.33. The Kier molecular flexibility index (Phi) is 3.78. The standard InChI is InChI=1S/C14H8BrCl2N3/c15-11-7-6-10(8-12(11)16)20-13(18-19-14(20)17)9-4-2-1-3-5-9/h1-8H. The third kappa shape index (κ3) is 2.46. The van der Waals surface area contributed by atoms with Gasteiger partial charge in [-0.05, 0) is 45.7 Å². The maximum Gasteiger partial charge on any atom is 0.229 e. The highest BCUT2D eigenvalue weighted by Crippen LogP contribution is 2.29. The van der Waals surface area contributed by atoms with Crippen LogP contribution in [0.5, 0.6) is 0 Å². The minimum atomic E-state index is 0.294. The van der Waals surface area contributed by atoms with E-state index in [1.807, 2.05) is 48.5 Å². The van der Waals surface area contributed by atoms with Crippen LogP contribution in [-0.4, -0.2) is 14.8 Å². The zero-order chi connectivity index (χ0) is 14.1. The van der Waals surface area contributed by atoms with Crippen molar-refractivity contribution in [2.24, 2.45) is 0 Å². The molecule has 1 heterocycles. The second kappa shape index (κ2) is 5.56. The Morgan fingerprint density at radius 3 is 2.40 bits per heavy atom. The fraction of sp³-hybridized carbons (Fsp3) is 0. The molecule has 0 atom stereocenters. The largest absolute Gasteiger partial charge is 0.266 e. The summed E-state index contributed by atoms with van der Waals surface area (Å²) in [6, 6.07) is 15.3. The van der Waals surface area contributed by atoms with Gasteiger partial charge in [-0.1, -0.05) is 41.9 Å². The molecule has 0 aliphatic heterocycles. The monoisotopic (exact) mass is 367 g/mol. The van der Waals surface area contributed by atoms with Gasteiger partial charge in [0.2, 0.25) is 5.28 Å². The van der Waals surface area contributed by atoms with Crippen LogP contribution in [0.4, 0.5) is 0 Å². The van der Waals surface area contributed by atoms with Crippen molar-refractivity contribution >= 4 is 39.1 Å². The molecule has 20 heavy (non-hydrogen) atoms. The van der Waals surface area contributed by atoms with E-state index in [1.54, 1.807) is 4.57 Å². The normalized spacial score (nSPS) is 10.8. The van der Waals surface area contributed by atoms with Gasteiger partial charge in [-0.3, -0.25) is 4.57 Å². The highest BCUT2D eigenvalue weighted by molar-refractivity contribution is 9.10. The number of halogens is 3. The van der Waals surface area contributed by atoms with E-state index in [1.165, 1.54) is 0 Å². The Balaban J connectivity index is 2.19. The van der Waals surface area contributed by atoms with Crippen molar-refractivity contribution in [2.75, 3.05) is 0 Å². The van der Waals surface area contributed by atoms with Crippen molar-refractivity contribution in [3.63, 3.8) is 0 Å². The van der Waals surface area contributed by atoms with Gasteiger partial charge >= 0.3 is 0 Å². The van der Waals surface area contributed by atoms with E-state index in [4.69, 9.17) is 23.2 Å². The van der Waals surface area contributed by atoms with Crippen molar-refractivity contribution < 1.29 is 0 Å². The number of aromatic nitrogens is 3. The summed E-state index contributed by atoms with van der Waals surface area (Å²) in [5, 5.41) is 8.98. The van der Waals surface area contributed by atoms with E-state index < -0.39 is 0 Å². The van der Waals surface area contributed by atoms with Gasteiger partial charge in [0.1, 0.15) is 0 Å². The Morgan fingerprint density at radius 1 is 0.950 bits per heavy atom. The predicted octanol–water partition coefficient (Wildman–Crippen LogP) is 5.00. The summed E-state index contributed by atoms with van der Waals surface area (Å²) in [7, 11) is 0.